The van der Waals surface area contributed by atoms with E-state index in [0.717, 1.165) is 19.5 Å². The van der Waals surface area contributed by atoms with Crippen molar-refractivity contribution in [3.63, 3.8) is 0 Å². The number of fused-ring (bicyclic) bond motifs is 1. The molecule has 3 aromatic rings. The predicted octanol–water partition coefficient (Wildman–Crippen LogP) is 3.83. The molecule has 0 atom stereocenters. The second-order valence-corrected chi connectivity index (χ2v) is 5.34. The fourth-order valence-electron chi connectivity index (χ4n) is 2.81. The van der Waals surface area contributed by atoms with E-state index < -0.39 is 0 Å². The van der Waals surface area contributed by atoms with Crippen LogP contribution in [0.25, 0.3) is 21.9 Å². The fraction of sp³-hybridized carbons (Fsp3) is 0.278. The number of nitrogens with one attached hydrogen (secondary N) is 1. The van der Waals surface area contributed by atoms with E-state index in [9.17, 15) is 0 Å². The molecule has 1 heterocycles. The number of aromatic nitrogens is 2. The smallest absolute Gasteiger partial charge is 0.0568 e. The molecule has 0 saturated heterocycles. The highest BCUT2D eigenvalue weighted by atomic mass is 15.3. The zero-order chi connectivity index (χ0) is 14.7. The Balaban J connectivity index is 2.12. The van der Waals surface area contributed by atoms with Gasteiger partial charge in [0, 0.05) is 24.8 Å². The van der Waals surface area contributed by atoms with Gasteiger partial charge >= 0.3 is 0 Å². The second kappa shape index (κ2) is 6.10. The van der Waals surface area contributed by atoms with Gasteiger partial charge in [-0.1, -0.05) is 43.3 Å². The molecule has 0 aliphatic carbocycles. The topological polar surface area (TPSA) is 29.9 Å². The van der Waals surface area contributed by atoms with Crippen LogP contribution in [-0.4, -0.2) is 16.8 Å². The molecular formula is C18H21N3. The van der Waals surface area contributed by atoms with Gasteiger partial charge in [0.2, 0.25) is 0 Å². The molecule has 21 heavy (non-hydrogen) atoms. The first kappa shape index (κ1) is 13.8. The molecule has 0 amide bonds. The third-order valence-electron chi connectivity index (χ3n) is 3.78. The number of hydrogen-bond donors (Lipinski definition) is 1. The summed E-state index contributed by atoms with van der Waals surface area (Å²) >= 11 is 0. The van der Waals surface area contributed by atoms with Crippen molar-refractivity contribution < 1.29 is 0 Å². The molecule has 3 heteroatoms. The highest BCUT2D eigenvalue weighted by molar-refractivity contribution is 5.98. The summed E-state index contributed by atoms with van der Waals surface area (Å²) in [4.78, 5) is 0. The third-order valence-corrected chi connectivity index (χ3v) is 3.78. The minimum Gasteiger partial charge on any atom is -0.316 e. The summed E-state index contributed by atoms with van der Waals surface area (Å²) in [5.74, 6) is 0. The summed E-state index contributed by atoms with van der Waals surface area (Å²) in [5.41, 5.74) is 3.78. The average molecular weight is 279 g/mol. The van der Waals surface area contributed by atoms with Crippen LogP contribution in [0.5, 0.6) is 0 Å². The fourth-order valence-corrected chi connectivity index (χ4v) is 2.81. The van der Waals surface area contributed by atoms with E-state index in [-0.39, 0.29) is 0 Å². The Morgan fingerprint density at radius 2 is 1.90 bits per heavy atom. The number of rotatable bonds is 5. The maximum atomic E-state index is 4.45. The lowest BCUT2D eigenvalue weighted by atomic mass is 9.96. The van der Waals surface area contributed by atoms with Crippen molar-refractivity contribution in [3.8, 4) is 11.1 Å². The molecule has 0 bridgehead atoms. The molecule has 0 spiro atoms. The van der Waals surface area contributed by atoms with Gasteiger partial charge in [0.15, 0.2) is 0 Å². The van der Waals surface area contributed by atoms with E-state index in [0.29, 0.717) is 0 Å². The lowest BCUT2D eigenvalue weighted by molar-refractivity contribution is 0.603. The summed E-state index contributed by atoms with van der Waals surface area (Å²) in [6.07, 6.45) is 5.21. The minimum absolute atomic E-state index is 0.885. The highest BCUT2D eigenvalue weighted by Crippen LogP contribution is 2.30. The largest absolute Gasteiger partial charge is 0.316 e. The Hall–Kier alpha value is -2.13. The van der Waals surface area contributed by atoms with Crippen LogP contribution in [0, 0.1) is 0 Å². The van der Waals surface area contributed by atoms with Crippen LogP contribution in [-0.2, 0) is 13.1 Å². The molecule has 108 valence electrons. The molecule has 0 radical (unpaired) electrons. The Labute approximate surface area is 125 Å². The lowest BCUT2D eigenvalue weighted by Crippen LogP contribution is -2.05. The molecule has 3 nitrogen and oxygen atoms in total. The predicted molar refractivity (Wildman–Crippen MR) is 88.2 cm³/mol. The maximum Gasteiger partial charge on any atom is 0.0568 e. The summed E-state index contributed by atoms with van der Waals surface area (Å²) in [7, 11) is 1.98. The SMILES string of the molecule is CCCn1cc(-c2ccc(CNC)c3ccccc23)cn1. The van der Waals surface area contributed by atoms with Crippen molar-refractivity contribution in [2.45, 2.75) is 26.4 Å². The molecule has 0 unspecified atom stereocenters. The number of benzene rings is 2. The molecule has 0 fully saturated rings. The van der Waals surface area contributed by atoms with Gasteiger partial charge in [0.25, 0.3) is 0 Å². The van der Waals surface area contributed by atoms with Crippen LogP contribution in [0.4, 0.5) is 0 Å². The molecular weight excluding hydrogens is 258 g/mol. The van der Waals surface area contributed by atoms with Gasteiger partial charge in [-0.3, -0.25) is 4.68 Å². The first-order valence-electron chi connectivity index (χ1n) is 7.51. The van der Waals surface area contributed by atoms with E-state index in [1.807, 2.05) is 17.9 Å². The molecule has 0 saturated carbocycles. The van der Waals surface area contributed by atoms with Crippen molar-refractivity contribution in [3.05, 3.63) is 54.4 Å². The summed E-state index contributed by atoms with van der Waals surface area (Å²) in [6, 6.07) is 13.0. The van der Waals surface area contributed by atoms with E-state index in [2.05, 4.69) is 59.9 Å². The molecule has 3 rings (SSSR count). The second-order valence-electron chi connectivity index (χ2n) is 5.34. The molecule has 1 N–H and O–H groups in total. The van der Waals surface area contributed by atoms with Gasteiger partial charge < -0.3 is 5.32 Å². The van der Waals surface area contributed by atoms with Gasteiger partial charge in [0.05, 0.1) is 6.20 Å². The number of aryl methyl sites for hydroxylation is 1. The van der Waals surface area contributed by atoms with Crippen molar-refractivity contribution in [1.29, 1.82) is 0 Å². The van der Waals surface area contributed by atoms with Crippen molar-refractivity contribution >= 4 is 10.8 Å². The van der Waals surface area contributed by atoms with Gasteiger partial charge in [0.1, 0.15) is 0 Å². The zero-order valence-corrected chi connectivity index (χ0v) is 12.6. The van der Waals surface area contributed by atoms with E-state index in [1.54, 1.807) is 0 Å². The normalized spacial score (nSPS) is 11.1. The Bertz CT molecular complexity index is 743. The first-order chi connectivity index (χ1) is 10.3. The van der Waals surface area contributed by atoms with Gasteiger partial charge in [-0.25, -0.2) is 0 Å². The van der Waals surface area contributed by atoms with Crippen LogP contribution >= 0.6 is 0 Å². The molecule has 2 aromatic carbocycles. The van der Waals surface area contributed by atoms with Crippen LogP contribution in [0.1, 0.15) is 18.9 Å². The Morgan fingerprint density at radius 1 is 1.10 bits per heavy atom. The van der Waals surface area contributed by atoms with Crippen molar-refractivity contribution in [1.82, 2.24) is 15.1 Å². The van der Waals surface area contributed by atoms with Gasteiger partial charge in [-0.2, -0.15) is 5.10 Å². The summed E-state index contributed by atoms with van der Waals surface area (Å²) < 4.78 is 2.02. The molecule has 0 aliphatic rings. The van der Waals surface area contributed by atoms with Gasteiger partial charge in [-0.15, -0.1) is 0 Å². The van der Waals surface area contributed by atoms with E-state index >= 15 is 0 Å². The first-order valence-corrected chi connectivity index (χ1v) is 7.51. The van der Waals surface area contributed by atoms with E-state index in [1.165, 1.54) is 27.5 Å². The summed E-state index contributed by atoms with van der Waals surface area (Å²) in [6.45, 7) is 4.02. The highest BCUT2D eigenvalue weighted by Gasteiger charge is 2.08. The number of nitrogens with zero attached hydrogens (tertiary/aromatic N) is 2. The van der Waals surface area contributed by atoms with Gasteiger partial charge in [-0.05, 0) is 35.4 Å². The number of hydrogen-bond acceptors (Lipinski definition) is 2. The Kier molecular flexibility index (Phi) is 4.02. The van der Waals surface area contributed by atoms with Crippen LogP contribution in [0.15, 0.2) is 48.8 Å². The van der Waals surface area contributed by atoms with Crippen molar-refractivity contribution in [2.75, 3.05) is 7.05 Å². The zero-order valence-electron chi connectivity index (χ0n) is 12.6. The average Bonchev–Trinajstić information content (AvgIpc) is 2.97. The third kappa shape index (κ3) is 2.69. The minimum atomic E-state index is 0.885. The van der Waals surface area contributed by atoms with Crippen LogP contribution in [0.3, 0.4) is 0 Å². The Morgan fingerprint density at radius 3 is 2.67 bits per heavy atom. The lowest BCUT2D eigenvalue weighted by Gasteiger charge is -2.10. The summed E-state index contributed by atoms with van der Waals surface area (Å²) in [5, 5.41) is 10.3. The quantitative estimate of drug-likeness (QED) is 0.769. The molecule has 1 aromatic heterocycles. The van der Waals surface area contributed by atoms with E-state index in [4.69, 9.17) is 0 Å². The monoisotopic (exact) mass is 279 g/mol. The van der Waals surface area contributed by atoms with Crippen LogP contribution < -0.4 is 5.32 Å². The maximum absolute atomic E-state index is 4.45. The van der Waals surface area contributed by atoms with Crippen molar-refractivity contribution in [2.24, 2.45) is 0 Å². The van der Waals surface area contributed by atoms with Crippen LogP contribution in [0.2, 0.25) is 0 Å². The standard InChI is InChI=1S/C18H21N3/c1-3-10-21-13-15(12-20-21)17-9-8-14(11-19-2)16-6-4-5-7-18(16)17/h4-9,12-13,19H,3,10-11H2,1-2H3. The molecule has 0 aliphatic heterocycles.